The molecule has 0 radical (unpaired) electrons. The summed E-state index contributed by atoms with van der Waals surface area (Å²) in [5, 5.41) is 0. The molecule has 0 heterocycles. The second kappa shape index (κ2) is 4.18. The molecule has 13 heavy (non-hydrogen) atoms. The molecular formula is C10H11BrF2. The van der Waals surface area contributed by atoms with Crippen molar-refractivity contribution in [3.63, 3.8) is 0 Å². The van der Waals surface area contributed by atoms with Crippen molar-refractivity contribution in [3.05, 3.63) is 34.9 Å². The molecule has 0 nitrogen and oxygen atoms in total. The maximum absolute atomic E-state index is 13.2. The van der Waals surface area contributed by atoms with Crippen LogP contribution in [0, 0.1) is 18.6 Å². The summed E-state index contributed by atoms with van der Waals surface area (Å²) in [5.41, 5.74) is 1.01. The molecule has 0 aromatic heterocycles. The third-order valence-corrected chi connectivity index (χ3v) is 3.11. The molecule has 3 heteroatoms. The van der Waals surface area contributed by atoms with Crippen molar-refractivity contribution in [1.29, 1.82) is 0 Å². The molecule has 72 valence electrons. The molecule has 1 aromatic carbocycles. The molecule has 0 amide bonds. The van der Waals surface area contributed by atoms with Gasteiger partial charge in [-0.05, 0) is 25.0 Å². The van der Waals surface area contributed by atoms with Gasteiger partial charge in [0.15, 0.2) is 0 Å². The summed E-state index contributed by atoms with van der Waals surface area (Å²) < 4.78 is 26.1. The Bertz CT molecular complexity index is 310. The Kier molecular flexibility index (Phi) is 3.42. The van der Waals surface area contributed by atoms with Crippen LogP contribution in [0.2, 0.25) is 0 Å². The molecule has 1 atom stereocenters. The Morgan fingerprint density at radius 1 is 1.31 bits per heavy atom. The molecule has 0 saturated heterocycles. The quantitative estimate of drug-likeness (QED) is 0.691. The Labute approximate surface area is 85.1 Å². The zero-order valence-electron chi connectivity index (χ0n) is 7.57. The van der Waals surface area contributed by atoms with Crippen LogP contribution in [-0.4, -0.2) is 0 Å². The van der Waals surface area contributed by atoms with Gasteiger partial charge >= 0.3 is 0 Å². The predicted octanol–water partition coefficient (Wildman–Crippen LogP) is 4.12. The molecule has 1 rings (SSSR count). The highest BCUT2D eigenvalue weighted by Gasteiger charge is 2.12. The highest BCUT2D eigenvalue weighted by molar-refractivity contribution is 9.09. The fourth-order valence-corrected chi connectivity index (χ4v) is 1.49. The van der Waals surface area contributed by atoms with Gasteiger partial charge in [0.25, 0.3) is 0 Å². The van der Waals surface area contributed by atoms with Crippen LogP contribution in [0.1, 0.15) is 29.3 Å². The van der Waals surface area contributed by atoms with Gasteiger partial charge in [-0.25, -0.2) is 8.78 Å². The van der Waals surface area contributed by atoms with E-state index in [0.29, 0.717) is 11.1 Å². The SMILES string of the molecule is CCC(Br)c1cc(C)c(F)cc1F. The van der Waals surface area contributed by atoms with Crippen molar-refractivity contribution < 1.29 is 8.78 Å². The van der Waals surface area contributed by atoms with Gasteiger partial charge < -0.3 is 0 Å². The number of hydrogen-bond acceptors (Lipinski definition) is 0. The Morgan fingerprint density at radius 3 is 2.46 bits per heavy atom. The molecule has 0 bridgehead atoms. The Morgan fingerprint density at radius 2 is 1.92 bits per heavy atom. The fraction of sp³-hybridized carbons (Fsp3) is 0.400. The first-order chi connectivity index (χ1) is 6.06. The van der Waals surface area contributed by atoms with E-state index in [1.807, 2.05) is 6.92 Å². The summed E-state index contributed by atoms with van der Waals surface area (Å²) in [4.78, 5) is -0.0354. The van der Waals surface area contributed by atoms with Crippen LogP contribution in [-0.2, 0) is 0 Å². The average molecular weight is 249 g/mol. The topological polar surface area (TPSA) is 0 Å². The van der Waals surface area contributed by atoms with Crippen molar-refractivity contribution in [2.45, 2.75) is 25.1 Å². The summed E-state index contributed by atoms with van der Waals surface area (Å²) in [6.45, 7) is 3.57. The maximum atomic E-state index is 13.2. The van der Waals surface area contributed by atoms with Crippen LogP contribution < -0.4 is 0 Å². The number of benzene rings is 1. The third kappa shape index (κ3) is 2.27. The predicted molar refractivity (Wildman–Crippen MR) is 53.1 cm³/mol. The highest BCUT2D eigenvalue weighted by Crippen LogP contribution is 2.29. The van der Waals surface area contributed by atoms with Crippen molar-refractivity contribution in [1.82, 2.24) is 0 Å². The lowest BCUT2D eigenvalue weighted by molar-refractivity contribution is 0.565. The first-order valence-corrected chi connectivity index (χ1v) is 5.07. The van der Waals surface area contributed by atoms with Crippen molar-refractivity contribution in [2.75, 3.05) is 0 Å². The minimum absolute atomic E-state index is 0.0354. The van der Waals surface area contributed by atoms with E-state index in [-0.39, 0.29) is 4.83 Å². The summed E-state index contributed by atoms with van der Waals surface area (Å²) >= 11 is 3.33. The van der Waals surface area contributed by atoms with E-state index >= 15 is 0 Å². The van der Waals surface area contributed by atoms with Gasteiger partial charge in [-0.1, -0.05) is 22.9 Å². The Balaban J connectivity index is 3.15. The van der Waals surface area contributed by atoms with E-state index in [4.69, 9.17) is 0 Å². The number of hydrogen-bond donors (Lipinski definition) is 0. The molecule has 0 N–H and O–H groups in total. The van der Waals surface area contributed by atoms with Gasteiger partial charge in [-0.3, -0.25) is 0 Å². The highest BCUT2D eigenvalue weighted by atomic mass is 79.9. The van der Waals surface area contributed by atoms with Crippen LogP contribution in [0.25, 0.3) is 0 Å². The zero-order valence-corrected chi connectivity index (χ0v) is 9.16. The molecule has 0 aliphatic heterocycles. The van der Waals surface area contributed by atoms with E-state index in [1.165, 1.54) is 0 Å². The van der Waals surface area contributed by atoms with Crippen LogP contribution in [0.5, 0.6) is 0 Å². The molecule has 1 unspecified atom stereocenters. The fourth-order valence-electron chi connectivity index (χ4n) is 1.14. The lowest BCUT2D eigenvalue weighted by Gasteiger charge is -2.09. The molecular weight excluding hydrogens is 238 g/mol. The molecule has 0 spiro atoms. The lowest BCUT2D eigenvalue weighted by Crippen LogP contribution is -1.96. The molecule has 0 fully saturated rings. The Hall–Kier alpha value is -0.440. The van der Waals surface area contributed by atoms with Crippen molar-refractivity contribution in [3.8, 4) is 0 Å². The number of rotatable bonds is 2. The largest absolute Gasteiger partial charge is 0.207 e. The van der Waals surface area contributed by atoms with Gasteiger partial charge in [0.2, 0.25) is 0 Å². The van der Waals surface area contributed by atoms with E-state index in [9.17, 15) is 8.78 Å². The number of halogens is 3. The minimum Gasteiger partial charge on any atom is -0.207 e. The summed E-state index contributed by atoms with van der Waals surface area (Å²) in [7, 11) is 0. The van der Waals surface area contributed by atoms with Crippen LogP contribution in [0.4, 0.5) is 8.78 Å². The standard InChI is InChI=1S/C10H11BrF2/c1-3-8(11)7-4-6(2)9(12)5-10(7)13/h4-5,8H,3H2,1-2H3. The van der Waals surface area contributed by atoms with Crippen molar-refractivity contribution >= 4 is 15.9 Å². The lowest BCUT2D eigenvalue weighted by atomic mass is 10.1. The monoisotopic (exact) mass is 248 g/mol. The summed E-state index contributed by atoms with van der Waals surface area (Å²) in [5.74, 6) is -0.969. The second-order valence-electron chi connectivity index (χ2n) is 3.00. The molecule has 0 aliphatic carbocycles. The van der Waals surface area contributed by atoms with E-state index in [0.717, 1.165) is 12.5 Å². The van der Waals surface area contributed by atoms with Gasteiger partial charge in [0.1, 0.15) is 11.6 Å². The normalized spacial score (nSPS) is 13.0. The number of aryl methyl sites for hydroxylation is 1. The molecule has 1 aromatic rings. The van der Waals surface area contributed by atoms with Gasteiger partial charge in [-0.2, -0.15) is 0 Å². The third-order valence-electron chi connectivity index (χ3n) is 1.97. The second-order valence-corrected chi connectivity index (χ2v) is 4.10. The van der Waals surface area contributed by atoms with Crippen LogP contribution in [0.15, 0.2) is 12.1 Å². The first-order valence-electron chi connectivity index (χ1n) is 4.15. The molecule has 0 saturated carbocycles. The zero-order chi connectivity index (χ0) is 10.0. The maximum Gasteiger partial charge on any atom is 0.130 e. The first kappa shape index (κ1) is 10.6. The van der Waals surface area contributed by atoms with Gasteiger partial charge in [0.05, 0.1) is 0 Å². The van der Waals surface area contributed by atoms with E-state index in [1.54, 1.807) is 13.0 Å². The van der Waals surface area contributed by atoms with Gasteiger partial charge in [-0.15, -0.1) is 0 Å². The van der Waals surface area contributed by atoms with E-state index in [2.05, 4.69) is 15.9 Å². The summed E-state index contributed by atoms with van der Waals surface area (Å²) in [6.07, 6.45) is 0.780. The van der Waals surface area contributed by atoms with Gasteiger partial charge in [0, 0.05) is 16.5 Å². The smallest absolute Gasteiger partial charge is 0.130 e. The summed E-state index contributed by atoms with van der Waals surface area (Å²) in [6, 6.07) is 2.49. The van der Waals surface area contributed by atoms with Crippen LogP contribution >= 0.6 is 15.9 Å². The van der Waals surface area contributed by atoms with Crippen molar-refractivity contribution in [2.24, 2.45) is 0 Å². The minimum atomic E-state index is -0.489. The van der Waals surface area contributed by atoms with E-state index < -0.39 is 11.6 Å². The molecule has 0 aliphatic rings. The average Bonchev–Trinajstić information content (AvgIpc) is 2.10. The number of alkyl halides is 1. The van der Waals surface area contributed by atoms with Crippen LogP contribution in [0.3, 0.4) is 0 Å².